The molecule has 0 aliphatic carbocycles. The van der Waals surface area contributed by atoms with Crippen LogP contribution >= 0.6 is 0 Å². The molecule has 0 aromatic carbocycles. The first-order chi connectivity index (χ1) is 12.9. The van der Waals surface area contributed by atoms with Gasteiger partial charge in [0.15, 0.2) is 0 Å². The summed E-state index contributed by atoms with van der Waals surface area (Å²) in [5, 5.41) is 4.43. The lowest BCUT2D eigenvalue weighted by Gasteiger charge is -2.37. The predicted molar refractivity (Wildman–Crippen MR) is 109 cm³/mol. The van der Waals surface area contributed by atoms with Crippen LogP contribution in [0.25, 0.3) is 0 Å². The van der Waals surface area contributed by atoms with Crippen molar-refractivity contribution in [1.82, 2.24) is 24.5 Å². The van der Waals surface area contributed by atoms with E-state index in [0.29, 0.717) is 12.0 Å². The van der Waals surface area contributed by atoms with Crippen LogP contribution in [0.4, 0.5) is 0 Å². The maximum absolute atomic E-state index is 13.4. The van der Waals surface area contributed by atoms with Crippen LogP contribution in [0.15, 0.2) is 6.20 Å². The van der Waals surface area contributed by atoms with E-state index >= 15 is 0 Å². The number of likely N-dealkylation sites (tertiary alicyclic amines) is 2. The van der Waals surface area contributed by atoms with Crippen molar-refractivity contribution in [2.24, 2.45) is 5.41 Å². The highest BCUT2D eigenvalue weighted by Crippen LogP contribution is 2.43. The maximum atomic E-state index is 13.4. The standard InChI is InChI=1S/C21H37N5O/c1-6-10-25-16-21(8-11-23(4)12-9-21)13-19(25)20(27)24(5)15-18-14-22-26(7-2)17(18)3/h14,19H,6-13,15-16H2,1-5H3. The number of hydrogen-bond donors (Lipinski definition) is 0. The molecule has 0 bridgehead atoms. The van der Waals surface area contributed by atoms with E-state index in [2.05, 4.69) is 42.7 Å². The Bertz CT molecular complexity index is 647. The van der Waals surface area contributed by atoms with Crippen molar-refractivity contribution in [3.8, 4) is 0 Å². The van der Waals surface area contributed by atoms with Crippen LogP contribution in [0, 0.1) is 12.3 Å². The van der Waals surface area contributed by atoms with E-state index in [1.54, 1.807) is 0 Å². The summed E-state index contributed by atoms with van der Waals surface area (Å²) < 4.78 is 2.00. The molecule has 152 valence electrons. The fourth-order valence-electron chi connectivity index (χ4n) is 4.91. The van der Waals surface area contributed by atoms with Gasteiger partial charge in [-0.25, -0.2) is 0 Å². The van der Waals surface area contributed by atoms with Crippen LogP contribution in [0.1, 0.15) is 50.8 Å². The molecule has 6 nitrogen and oxygen atoms in total. The molecule has 1 amide bonds. The monoisotopic (exact) mass is 375 g/mol. The molecule has 1 aromatic rings. The molecule has 6 heteroatoms. The van der Waals surface area contributed by atoms with Crippen LogP contribution < -0.4 is 0 Å². The molecule has 2 aliphatic heterocycles. The van der Waals surface area contributed by atoms with Gasteiger partial charge in [-0.15, -0.1) is 0 Å². The number of carbonyl (C=O) groups excluding carboxylic acids is 1. The summed E-state index contributed by atoms with van der Waals surface area (Å²) in [6.45, 7) is 12.4. The third-order valence-electron chi connectivity index (χ3n) is 6.74. The summed E-state index contributed by atoms with van der Waals surface area (Å²) in [5.41, 5.74) is 2.66. The highest BCUT2D eigenvalue weighted by molar-refractivity contribution is 5.82. The quantitative estimate of drug-likeness (QED) is 0.766. The Morgan fingerprint density at radius 2 is 2.04 bits per heavy atom. The van der Waals surface area contributed by atoms with Gasteiger partial charge < -0.3 is 9.80 Å². The average molecular weight is 376 g/mol. The molecule has 1 atom stereocenters. The molecule has 1 aromatic heterocycles. The van der Waals surface area contributed by atoms with E-state index in [1.807, 2.05) is 22.8 Å². The molecule has 2 aliphatic rings. The van der Waals surface area contributed by atoms with Crippen LogP contribution in [0.2, 0.25) is 0 Å². The minimum Gasteiger partial charge on any atom is -0.340 e. The van der Waals surface area contributed by atoms with Crippen LogP contribution in [0.3, 0.4) is 0 Å². The van der Waals surface area contributed by atoms with Crippen LogP contribution in [0.5, 0.6) is 0 Å². The number of piperidine rings is 1. The fourth-order valence-corrected chi connectivity index (χ4v) is 4.91. The summed E-state index contributed by atoms with van der Waals surface area (Å²) in [6, 6.07) is 0.0416. The van der Waals surface area contributed by atoms with Gasteiger partial charge in [-0.05, 0) is 71.6 Å². The van der Waals surface area contributed by atoms with Gasteiger partial charge >= 0.3 is 0 Å². The van der Waals surface area contributed by atoms with E-state index in [-0.39, 0.29) is 11.9 Å². The topological polar surface area (TPSA) is 44.6 Å². The van der Waals surface area contributed by atoms with Gasteiger partial charge in [0.05, 0.1) is 12.2 Å². The molecular weight excluding hydrogens is 338 g/mol. The van der Waals surface area contributed by atoms with Gasteiger partial charge in [0.2, 0.25) is 5.91 Å². The first kappa shape index (κ1) is 20.3. The fraction of sp³-hybridized carbons (Fsp3) is 0.810. The molecular formula is C21H37N5O. The first-order valence-electron chi connectivity index (χ1n) is 10.6. The van der Waals surface area contributed by atoms with E-state index in [0.717, 1.165) is 51.1 Å². The van der Waals surface area contributed by atoms with Gasteiger partial charge in [0.1, 0.15) is 0 Å². The van der Waals surface area contributed by atoms with Crippen molar-refractivity contribution in [1.29, 1.82) is 0 Å². The maximum Gasteiger partial charge on any atom is 0.239 e. The van der Waals surface area contributed by atoms with Crippen molar-refractivity contribution in [3.05, 3.63) is 17.5 Å². The summed E-state index contributed by atoms with van der Waals surface area (Å²) in [6.07, 6.45) is 6.49. The van der Waals surface area contributed by atoms with E-state index in [9.17, 15) is 4.79 Å². The number of rotatable bonds is 6. The second-order valence-electron chi connectivity index (χ2n) is 8.76. The zero-order chi connectivity index (χ0) is 19.6. The summed E-state index contributed by atoms with van der Waals surface area (Å²) >= 11 is 0. The minimum atomic E-state index is 0.0416. The summed E-state index contributed by atoms with van der Waals surface area (Å²) in [4.78, 5) is 20.2. The second-order valence-corrected chi connectivity index (χ2v) is 8.76. The Hall–Kier alpha value is -1.40. The average Bonchev–Trinajstić information content (AvgIpc) is 3.18. The molecule has 1 spiro atoms. The molecule has 27 heavy (non-hydrogen) atoms. The second kappa shape index (κ2) is 8.31. The highest BCUT2D eigenvalue weighted by atomic mass is 16.2. The van der Waals surface area contributed by atoms with E-state index in [1.165, 1.54) is 18.5 Å². The number of aryl methyl sites for hydroxylation is 1. The lowest BCUT2D eigenvalue weighted by molar-refractivity contribution is -0.135. The SMILES string of the molecule is CCCN1CC2(CCN(C)CC2)CC1C(=O)N(C)Cc1cnn(CC)c1C. The van der Waals surface area contributed by atoms with Crippen molar-refractivity contribution in [2.75, 3.05) is 40.3 Å². The van der Waals surface area contributed by atoms with Crippen molar-refractivity contribution in [2.45, 2.75) is 65.6 Å². The van der Waals surface area contributed by atoms with Crippen LogP contribution in [-0.2, 0) is 17.9 Å². The highest BCUT2D eigenvalue weighted by Gasteiger charge is 2.47. The molecule has 3 heterocycles. The Labute approximate surface area is 164 Å². The zero-order valence-electron chi connectivity index (χ0n) is 17.9. The number of likely N-dealkylation sites (N-methyl/N-ethyl adjacent to an activating group) is 1. The van der Waals surface area contributed by atoms with E-state index < -0.39 is 0 Å². The van der Waals surface area contributed by atoms with Gasteiger partial charge in [-0.3, -0.25) is 14.4 Å². The summed E-state index contributed by atoms with van der Waals surface area (Å²) in [5.74, 6) is 0.280. The van der Waals surface area contributed by atoms with Crippen molar-refractivity contribution < 1.29 is 4.79 Å². The Kier molecular flexibility index (Phi) is 6.26. The van der Waals surface area contributed by atoms with Gasteiger partial charge in [-0.1, -0.05) is 6.92 Å². The molecule has 1 unspecified atom stereocenters. The van der Waals surface area contributed by atoms with Gasteiger partial charge in [0.25, 0.3) is 0 Å². The third kappa shape index (κ3) is 4.21. The number of carbonyl (C=O) groups is 1. The Balaban J connectivity index is 1.70. The Morgan fingerprint density at radius 3 is 2.63 bits per heavy atom. The van der Waals surface area contributed by atoms with Crippen molar-refractivity contribution in [3.63, 3.8) is 0 Å². The lowest BCUT2D eigenvalue weighted by Crippen LogP contribution is -2.44. The smallest absolute Gasteiger partial charge is 0.239 e. The number of amides is 1. The normalized spacial score (nSPS) is 23.2. The van der Waals surface area contributed by atoms with Gasteiger partial charge in [0, 0.05) is 37.9 Å². The van der Waals surface area contributed by atoms with Gasteiger partial charge in [-0.2, -0.15) is 5.10 Å². The van der Waals surface area contributed by atoms with E-state index in [4.69, 9.17) is 0 Å². The minimum absolute atomic E-state index is 0.0416. The van der Waals surface area contributed by atoms with Crippen LogP contribution in [-0.4, -0.2) is 76.7 Å². The summed E-state index contributed by atoms with van der Waals surface area (Å²) in [7, 11) is 4.16. The molecule has 2 fully saturated rings. The molecule has 0 radical (unpaired) electrons. The Morgan fingerprint density at radius 1 is 1.33 bits per heavy atom. The van der Waals surface area contributed by atoms with Crippen molar-refractivity contribution >= 4 is 5.91 Å². The number of hydrogen-bond acceptors (Lipinski definition) is 4. The molecule has 0 N–H and O–H groups in total. The largest absolute Gasteiger partial charge is 0.340 e. The lowest BCUT2D eigenvalue weighted by atomic mass is 9.76. The molecule has 0 saturated carbocycles. The molecule has 2 saturated heterocycles. The predicted octanol–water partition coefficient (Wildman–Crippen LogP) is 2.37. The third-order valence-corrected chi connectivity index (χ3v) is 6.74. The molecule has 3 rings (SSSR count). The zero-order valence-corrected chi connectivity index (χ0v) is 17.9. The first-order valence-corrected chi connectivity index (χ1v) is 10.6. The number of nitrogens with zero attached hydrogens (tertiary/aromatic N) is 5. The number of aromatic nitrogens is 2.